The number of aliphatic hydroxyl groups is 1. The zero-order chi connectivity index (χ0) is 17.5. The van der Waals surface area contributed by atoms with E-state index in [1.807, 2.05) is 55.8 Å². The number of para-hydroxylation sites is 1. The Morgan fingerprint density at radius 3 is 2.62 bits per heavy atom. The molecule has 0 radical (unpaired) electrons. The molecule has 0 bridgehead atoms. The second-order valence-corrected chi connectivity index (χ2v) is 5.84. The van der Waals surface area contributed by atoms with Crippen LogP contribution in [0.25, 0.3) is 5.69 Å². The summed E-state index contributed by atoms with van der Waals surface area (Å²) in [6.07, 6.45) is 1.35. The zero-order valence-electron chi connectivity index (χ0n) is 14.5. The summed E-state index contributed by atoms with van der Waals surface area (Å²) in [4.78, 5) is 12.0. The number of hydrogen-bond acceptors (Lipinski definition) is 3. The van der Waals surface area contributed by atoms with Gasteiger partial charge in [-0.05, 0) is 38.8 Å². The van der Waals surface area contributed by atoms with E-state index in [4.69, 9.17) is 5.11 Å². The summed E-state index contributed by atoms with van der Waals surface area (Å²) in [7, 11) is 0. The van der Waals surface area contributed by atoms with Crippen LogP contribution < -0.4 is 10.6 Å². The van der Waals surface area contributed by atoms with Crippen LogP contribution in [-0.4, -0.2) is 33.6 Å². The molecule has 2 rings (SSSR count). The highest BCUT2D eigenvalue weighted by Gasteiger charge is 2.14. The number of carbonyl (C=O) groups is 1. The van der Waals surface area contributed by atoms with Crippen molar-refractivity contribution in [2.75, 3.05) is 6.61 Å². The summed E-state index contributed by atoms with van der Waals surface area (Å²) in [6.45, 7) is 6.43. The standard InChI is InChI=1S/C18H26N4O2/c1-4-15(10-11-23)20-18(24)19-12-17-13(2)21-22(14(17)3)16-8-6-5-7-9-16/h5-9,15,23H,4,10-12H2,1-3H3,(H2,19,20,24). The minimum absolute atomic E-state index is 0.00997. The molecule has 2 aromatic rings. The van der Waals surface area contributed by atoms with Crippen LogP contribution in [0.15, 0.2) is 30.3 Å². The lowest BCUT2D eigenvalue weighted by Gasteiger charge is -2.16. The first-order chi connectivity index (χ1) is 11.6. The summed E-state index contributed by atoms with van der Waals surface area (Å²) in [5.74, 6) is 0. The molecule has 0 saturated heterocycles. The lowest BCUT2D eigenvalue weighted by Crippen LogP contribution is -2.42. The molecule has 130 valence electrons. The van der Waals surface area contributed by atoms with Crippen LogP contribution >= 0.6 is 0 Å². The van der Waals surface area contributed by atoms with Crippen molar-refractivity contribution in [1.82, 2.24) is 20.4 Å². The van der Waals surface area contributed by atoms with Gasteiger partial charge in [0.25, 0.3) is 0 Å². The molecule has 1 heterocycles. The van der Waals surface area contributed by atoms with E-state index < -0.39 is 0 Å². The molecule has 24 heavy (non-hydrogen) atoms. The van der Waals surface area contributed by atoms with E-state index in [1.54, 1.807) is 0 Å². The van der Waals surface area contributed by atoms with Crippen molar-refractivity contribution in [3.05, 3.63) is 47.3 Å². The Morgan fingerprint density at radius 1 is 1.29 bits per heavy atom. The molecule has 6 heteroatoms. The van der Waals surface area contributed by atoms with Crippen molar-refractivity contribution < 1.29 is 9.90 Å². The van der Waals surface area contributed by atoms with Crippen molar-refractivity contribution in [1.29, 1.82) is 0 Å². The third-order valence-electron chi connectivity index (χ3n) is 4.17. The van der Waals surface area contributed by atoms with Gasteiger partial charge in [0, 0.05) is 30.5 Å². The number of aromatic nitrogens is 2. The fourth-order valence-corrected chi connectivity index (χ4v) is 2.69. The first-order valence-electron chi connectivity index (χ1n) is 8.32. The number of aliphatic hydroxyl groups excluding tert-OH is 1. The molecule has 2 amide bonds. The van der Waals surface area contributed by atoms with Gasteiger partial charge in [-0.2, -0.15) is 5.10 Å². The highest BCUT2D eigenvalue weighted by atomic mass is 16.3. The molecule has 0 fully saturated rings. The summed E-state index contributed by atoms with van der Waals surface area (Å²) in [5.41, 5.74) is 3.94. The number of rotatable bonds is 7. The predicted octanol–water partition coefficient (Wildman–Crippen LogP) is 2.45. The number of urea groups is 1. The molecule has 3 N–H and O–H groups in total. The van der Waals surface area contributed by atoms with Crippen LogP contribution in [-0.2, 0) is 6.54 Å². The summed E-state index contributed by atoms with van der Waals surface area (Å²) in [6, 6.07) is 9.70. The minimum atomic E-state index is -0.221. The highest BCUT2D eigenvalue weighted by Crippen LogP contribution is 2.17. The second kappa shape index (κ2) is 8.49. The van der Waals surface area contributed by atoms with Crippen LogP contribution in [0.5, 0.6) is 0 Å². The van der Waals surface area contributed by atoms with Crippen LogP contribution in [0.3, 0.4) is 0 Å². The summed E-state index contributed by atoms with van der Waals surface area (Å²) < 4.78 is 1.89. The quantitative estimate of drug-likeness (QED) is 0.729. The summed E-state index contributed by atoms with van der Waals surface area (Å²) in [5, 5.41) is 19.3. The van der Waals surface area contributed by atoms with Crippen LogP contribution in [0, 0.1) is 13.8 Å². The Morgan fingerprint density at radius 2 is 2.00 bits per heavy atom. The van der Waals surface area contributed by atoms with Gasteiger partial charge in [0.1, 0.15) is 0 Å². The highest BCUT2D eigenvalue weighted by molar-refractivity contribution is 5.74. The van der Waals surface area contributed by atoms with Gasteiger partial charge in [0.15, 0.2) is 0 Å². The third-order valence-corrected chi connectivity index (χ3v) is 4.17. The van der Waals surface area contributed by atoms with Crippen LogP contribution in [0.2, 0.25) is 0 Å². The molecule has 1 atom stereocenters. The minimum Gasteiger partial charge on any atom is -0.396 e. The molecular formula is C18H26N4O2. The van der Waals surface area contributed by atoms with E-state index in [9.17, 15) is 4.79 Å². The van der Waals surface area contributed by atoms with Crippen molar-refractivity contribution in [2.45, 2.75) is 46.2 Å². The second-order valence-electron chi connectivity index (χ2n) is 5.84. The Bertz CT molecular complexity index is 667. The number of nitrogens with one attached hydrogen (secondary N) is 2. The Kier molecular flexibility index (Phi) is 6.37. The Hall–Kier alpha value is -2.34. The molecule has 6 nitrogen and oxygen atoms in total. The lowest BCUT2D eigenvalue weighted by molar-refractivity contribution is 0.227. The number of hydrogen-bond donors (Lipinski definition) is 3. The predicted molar refractivity (Wildman–Crippen MR) is 94.2 cm³/mol. The van der Waals surface area contributed by atoms with Gasteiger partial charge in [-0.1, -0.05) is 25.1 Å². The SMILES string of the molecule is CCC(CCO)NC(=O)NCc1c(C)nn(-c2ccccc2)c1C. The van der Waals surface area contributed by atoms with E-state index in [0.717, 1.165) is 29.1 Å². The summed E-state index contributed by atoms with van der Waals surface area (Å²) >= 11 is 0. The van der Waals surface area contributed by atoms with Gasteiger partial charge in [-0.15, -0.1) is 0 Å². The number of carbonyl (C=O) groups excluding carboxylic acids is 1. The fourth-order valence-electron chi connectivity index (χ4n) is 2.69. The largest absolute Gasteiger partial charge is 0.396 e. The Balaban J connectivity index is 2.03. The fraction of sp³-hybridized carbons (Fsp3) is 0.444. The molecule has 0 spiro atoms. The average molecular weight is 330 g/mol. The van der Waals surface area contributed by atoms with E-state index in [-0.39, 0.29) is 18.7 Å². The van der Waals surface area contributed by atoms with Gasteiger partial charge < -0.3 is 15.7 Å². The van der Waals surface area contributed by atoms with Crippen molar-refractivity contribution in [3.63, 3.8) is 0 Å². The molecular weight excluding hydrogens is 304 g/mol. The maximum Gasteiger partial charge on any atom is 0.315 e. The monoisotopic (exact) mass is 330 g/mol. The third kappa shape index (κ3) is 4.35. The van der Waals surface area contributed by atoms with Crippen LogP contribution in [0.4, 0.5) is 4.79 Å². The number of nitrogens with zero attached hydrogens (tertiary/aromatic N) is 2. The molecule has 1 aromatic heterocycles. The van der Waals surface area contributed by atoms with Crippen molar-refractivity contribution in [2.24, 2.45) is 0 Å². The average Bonchev–Trinajstić information content (AvgIpc) is 2.87. The molecule has 0 aliphatic carbocycles. The number of amides is 2. The van der Waals surface area contributed by atoms with Gasteiger partial charge in [0.05, 0.1) is 11.4 Å². The van der Waals surface area contributed by atoms with Crippen molar-refractivity contribution >= 4 is 6.03 Å². The lowest BCUT2D eigenvalue weighted by atomic mass is 10.1. The van der Waals surface area contributed by atoms with E-state index >= 15 is 0 Å². The first-order valence-corrected chi connectivity index (χ1v) is 8.32. The first kappa shape index (κ1) is 18.0. The maximum atomic E-state index is 12.0. The smallest absolute Gasteiger partial charge is 0.315 e. The van der Waals surface area contributed by atoms with Gasteiger partial charge >= 0.3 is 6.03 Å². The molecule has 1 aromatic carbocycles. The molecule has 1 unspecified atom stereocenters. The molecule has 0 aliphatic rings. The van der Waals surface area contributed by atoms with E-state index in [1.165, 1.54) is 0 Å². The molecule has 0 aliphatic heterocycles. The van der Waals surface area contributed by atoms with Crippen molar-refractivity contribution in [3.8, 4) is 5.69 Å². The normalized spacial score (nSPS) is 12.0. The number of benzene rings is 1. The van der Waals surface area contributed by atoms with Gasteiger partial charge in [-0.25, -0.2) is 9.48 Å². The Labute approximate surface area is 142 Å². The maximum absolute atomic E-state index is 12.0. The zero-order valence-corrected chi connectivity index (χ0v) is 14.5. The van der Waals surface area contributed by atoms with E-state index in [0.29, 0.717) is 13.0 Å². The number of aryl methyl sites for hydroxylation is 1. The van der Waals surface area contributed by atoms with Gasteiger partial charge in [-0.3, -0.25) is 0 Å². The van der Waals surface area contributed by atoms with Crippen LogP contribution in [0.1, 0.15) is 36.7 Å². The molecule has 0 saturated carbocycles. The topological polar surface area (TPSA) is 79.2 Å². The van der Waals surface area contributed by atoms with Gasteiger partial charge in [0.2, 0.25) is 0 Å². The van der Waals surface area contributed by atoms with E-state index in [2.05, 4.69) is 15.7 Å².